The van der Waals surface area contributed by atoms with Crippen LogP contribution in [0.3, 0.4) is 0 Å². The lowest BCUT2D eigenvalue weighted by Crippen LogP contribution is -2.42. The smallest absolute Gasteiger partial charge is 0.121 e. The van der Waals surface area contributed by atoms with Crippen LogP contribution >= 0.6 is 11.3 Å². The van der Waals surface area contributed by atoms with Crippen LogP contribution < -0.4 is 20.1 Å². The molecular formula is C32H32N4O2S. The van der Waals surface area contributed by atoms with Gasteiger partial charge in [-0.05, 0) is 53.1 Å². The summed E-state index contributed by atoms with van der Waals surface area (Å²) in [5.41, 5.74) is 6.68. The number of piperazine rings is 1. The number of hydrogen-bond donors (Lipinski definition) is 2. The van der Waals surface area contributed by atoms with Gasteiger partial charge in [-0.1, -0.05) is 42.5 Å². The number of fused-ring (bicyclic) bond motifs is 1. The number of ether oxygens (including phenoxy) is 2. The van der Waals surface area contributed by atoms with Crippen molar-refractivity contribution in [1.29, 1.82) is 0 Å². The van der Waals surface area contributed by atoms with E-state index in [4.69, 9.17) is 9.47 Å². The zero-order chi connectivity index (χ0) is 26.4. The van der Waals surface area contributed by atoms with Crippen molar-refractivity contribution in [2.24, 2.45) is 0 Å². The molecule has 0 spiro atoms. The van der Waals surface area contributed by atoms with Crippen molar-refractivity contribution < 1.29 is 9.47 Å². The number of benzene rings is 3. The average molecular weight is 537 g/mol. The van der Waals surface area contributed by atoms with Crippen LogP contribution in [-0.2, 0) is 13.2 Å². The Bertz CT molecular complexity index is 1530. The van der Waals surface area contributed by atoms with Crippen LogP contribution in [0, 0.1) is 0 Å². The highest BCUT2D eigenvalue weighted by molar-refractivity contribution is 7.22. The van der Waals surface area contributed by atoms with Gasteiger partial charge in [0.15, 0.2) is 0 Å². The van der Waals surface area contributed by atoms with Gasteiger partial charge in [-0.2, -0.15) is 0 Å². The van der Waals surface area contributed by atoms with Crippen LogP contribution in [0.15, 0.2) is 91.1 Å². The summed E-state index contributed by atoms with van der Waals surface area (Å²) in [5.74, 6) is 1.65. The van der Waals surface area contributed by atoms with Gasteiger partial charge in [0, 0.05) is 55.6 Å². The first-order chi connectivity index (χ1) is 19.2. The zero-order valence-corrected chi connectivity index (χ0v) is 22.8. The number of pyridine rings is 1. The molecule has 3 heterocycles. The minimum absolute atomic E-state index is 0.495. The molecule has 198 valence electrons. The van der Waals surface area contributed by atoms with Gasteiger partial charge in [0.1, 0.15) is 18.1 Å². The van der Waals surface area contributed by atoms with E-state index in [1.165, 1.54) is 16.0 Å². The van der Waals surface area contributed by atoms with Gasteiger partial charge < -0.3 is 20.1 Å². The Labute approximate surface area is 233 Å². The van der Waals surface area contributed by atoms with E-state index < -0.39 is 0 Å². The molecular weight excluding hydrogens is 504 g/mol. The molecule has 1 aliphatic rings. The molecule has 0 atom stereocenters. The molecule has 7 heteroatoms. The molecule has 5 aromatic rings. The summed E-state index contributed by atoms with van der Waals surface area (Å²) < 4.78 is 12.4. The standard InChI is InChI=1S/C32H32N4O2S/c1-37-27-11-7-24(8-12-27)22-38-28-4-2-3-26(19-28)35-29-13-14-34-30-20-31(39-32(29)30)25-9-5-23(6-10-25)21-36-17-15-33-16-18-36/h2-14,19-20,33H,15-18,21-22H2,1H3,(H,34,35). The molecule has 1 saturated heterocycles. The van der Waals surface area contributed by atoms with Crippen LogP contribution in [0.25, 0.3) is 20.7 Å². The normalized spacial score (nSPS) is 13.9. The number of nitrogens with zero attached hydrogens (tertiary/aromatic N) is 2. The van der Waals surface area contributed by atoms with Crippen LogP contribution in [0.4, 0.5) is 11.4 Å². The van der Waals surface area contributed by atoms with Crippen molar-refractivity contribution in [2.75, 3.05) is 38.6 Å². The Morgan fingerprint density at radius 2 is 1.69 bits per heavy atom. The van der Waals surface area contributed by atoms with E-state index in [0.717, 1.165) is 71.4 Å². The predicted octanol–water partition coefficient (Wildman–Crippen LogP) is 6.70. The first-order valence-electron chi connectivity index (χ1n) is 13.3. The first-order valence-corrected chi connectivity index (χ1v) is 14.1. The number of rotatable bonds is 9. The fourth-order valence-corrected chi connectivity index (χ4v) is 5.88. The summed E-state index contributed by atoms with van der Waals surface area (Å²) in [5, 5.41) is 7.00. The molecule has 0 unspecified atom stereocenters. The first kappa shape index (κ1) is 25.4. The van der Waals surface area contributed by atoms with Gasteiger partial charge in [-0.25, -0.2) is 0 Å². The Morgan fingerprint density at radius 1 is 0.897 bits per heavy atom. The second kappa shape index (κ2) is 11.9. The SMILES string of the molecule is COc1ccc(COc2cccc(Nc3ccnc4cc(-c5ccc(CN6CCNCC6)cc5)sc34)c2)cc1. The summed E-state index contributed by atoms with van der Waals surface area (Å²) in [4.78, 5) is 8.37. The molecule has 6 rings (SSSR count). The van der Waals surface area contributed by atoms with Crippen molar-refractivity contribution in [2.45, 2.75) is 13.2 Å². The van der Waals surface area contributed by atoms with Crippen molar-refractivity contribution >= 4 is 32.9 Å². The molecule has 0 aliphatic carbocycles. The lowest BCUT2D eigenvalue weighted by molar-refractivity contribution is 0.233. The minimum atomic E-state index is 0.495. The van der Waals surface area contributed by atoms with Crippen LogP contribution in [0.2, 0.25) is 0 Å². The second-order valence-corrected chi connectivity index (χ2v) is 10.7. The highest BCUT2D eigenvalue weighted by Gasteiger charge is 2.12. The molecule has 1 aliphatic heterocycles. The van der Waals surface area contributed by atoms with Crippen LogP contribution in [0.5, 0.6) is 11.5 Å². The Balaban J connectivity index is 1.15. The molecule has 1 fully saturated rings. The Hall–Kier alpha value is -3.91. The van der Waals surface area contributed by atoms with E-state index in [1.54, 1.807) is 18.4 Å². The maximum atomic E-state index is 6.05. The summed E-state index contributed by atoms with van der Waals surface area (Å²) in [6.45, 7) is 5.87. The molecule has 2 N–H and O–H groups in total. The third-order valence-electron chi connectivity index (χ3n) is 6.94. The number of aromatic nitrogens is 1. The average Bonchev–Trinajstić information content (AvgIpc) is 3.43. The second-order valence-electron chi connectivity index (χ2n) is 9.70. The zero-order valence-electron chi connectivity index (χ0n) is 22.0. The van der Waals surface area contributed by atoms with Gasteiger partial charge >= 0.3 is 0 Å². The molecule has 6 nitrogen and oxygen atoms in total. The summed E-state index contributed by atoms with van der Waals surface area (Å²) in [6, 6.07) is 29.2. The minimum Gasteiger partial charge on any atom is -0.497 e. The molecule has 0 amide bonds. The summed E-state index contributed by atoms with van der Waals surface area (Å²) in [7, 11) is 1.67. The van der Waals surface area contributed by atoms with E-state index in [0.29, 0.717) is 6.61 Å². The molecule has 0 saturated carbocycles. The summed E-state index contributed by atoms with van der Waals surface area (Å²) in [6.07, 6.45) is 1.86. The third-order valence-corrected chi connectivity index (χ3v) is 8.15. The van der Waals surface area contributed by atoms with Gasteiger partial charge in [-0.3, -0.25) is 9.88 Å². The van der Waals surface area contributed by atoms with Gasteiger partial charge in [0.2, 0.25) is 0 Å². The van der Waals surface area contributed by atoms with Crippen molar-refractivity contribution in [3.05, 3.63) is 102 Å². The third kappa shape index (κ3) is 6.23. The number of thiophene rings is 1. The highest BCUT2D eigenvalue weighted by atomic mass is 32.1. The topological polar surface area (TPSA) is 58.7 Å². The maximum Gasteiger partial charge on any atom is 0.121 e. The van der Waals surface area contributed by atoms with Gasteiger partial charge in [0.25, 0.3) is 0 Å². The van der Waals surface area contributed by atoms with Crippen molar-refractivity contribution in [1.82, 2.24) is 15.2 Å². The largest absolute Gasteiger partial charge is 0.497 e. The van der Waals surface area contributed by atoms with Gasteiger partial charge in [-0.15, -0.1) is 11.3 Å². The number of nitrogens with one attached hydrogen (secondary N) is 2. The van der Waals surface area contributed by atoms with E-state index in [9.17, 15) is 0 Å². The van der Waals surface area contributed by atoms with E-state index >= 15 is 0 Å². The fraction of sp³-hybridized carbons (Fsp3) is 0.219. The number of hydrogen-bond acceptors (Lipinski definition) is 7. The lowest BCUT2D eigenvalue weighted by atomic mass is 10.1. The van der Waals surface area contributed by atoms with E-state index in [1.807, 2.05) is 54.7 Å². The molecule has 0 bridgehead atoms. The fourth-order valence-electron chi connectivity index (χ4n) is 4.79. The molecule has 2 aromatic heterocycles. The van der Waals surface area contributed by atoms with Crippen molar-refractivity contribution in [3.8, 4) is 21.9 Å². The van der Waals surface area contributed by atoms with Gasteiger partial charge in [0.05, 0.1) is 23.0 Å². The van der Waals surface area contributed by atoms with Crippen LogP contribution in [-0.4, -0.2) is 43.2 Å². The lowest BCUT2D eigenvalue weighted by Gasteiger charge is -2.27. The Morgan fingerprint density at radius 3 is 2.49 bits per heavy atom. The van der Waals surface area contributed by atoms with E-state index in [-0.39, 0.29) is 0 Å². The molecule has 0 radical (unpaired) electrons. The van der Waals surface area contributed by atoms with E-state index in [2.05, 4.69) is 56.9 Å². The molecule has 39 heavy (non-hydrogen) atoms. The highest BCUT2D eigenvalue weighted by Crippen LogP contribution is 2.38. The predicted molar refractivity (Wildman–Crippen MR) is 160 cm³/mol. The molecule has 3 aromatic carbocycles. The summed E-state index contributed by atoms with van der Waals surface area (Å²) >= 11 is 1.77. The number of anilines is 2. The Kier molecular flexibility index (Phi) is 7.72. The quantitative estimate of drug-likeness (QED) is 0.219. The van der Waals surface area contributed by atoms with Crippen LogP contribution in [0.1, 0.15) is 11.1 Å². The maximum absolute atomic E-state index is 6.05. The monoisotopic (exact) mass is 536 g/mol. The number of methoxy groups -OCH3 is 1. The van der Waals surface area contributed by atoms with Crippen molar-refractivity contribution in [3.63, 3.8) is 0 Å².